The van der Waals surface area contributed by atoms with Gasteiger partial charge in [-0.25, -0.2) is 0 Å². The van der Waals surface area contributed by atoms with Crippen LogP contribution in [0.5, 0.6) is 11.5 Å². The zero-order valence-electron chi connectivity index (χ0n) is 14.6. The first-order chi connectivity index (χ1) is 12.3. The van der Waals surface area contributed by atoms with Gasteiger partial charge in [-0.3, -0.25) is 4.79 Å². The van der Waals surface area contributed by atoms with Gasteiger partial charge in [-0.15, -0.1) is 0 Å². The van der Waals surface area contributed by atoms with E-state index in [1.807, 2.05) is 0 Å². The van der Waals surface area contributed by atoms with E-state index in [-0.39, 0.29) is 5.92 Å². The Hall–Kier alpha value is -1.75. The average Bonchev–Trinajstić information content (AvgIpc) is 3.18. The third kappa shape index (κ3) is 2.78. The van der Waals surface area contributed by atoms with Gasteiger partial charge in [-0.05, 0) is 31.7 Å². The molecule has 3 heterocycles. The topological polar surface area (TPSA) is 48.0 Å². The summed E-state index contributed by atoms with van der Waals surface area (Å²) in [6.07, 6.45) is 5.83. The van der Waals surface area contributed by atoms with Gasteiger partial charge in [0, 0.05) is 54.7 Å². The van der Waals surface area contributed by atoms with Gasteiger partial charge in [0.1, 0.15) is 11.5 Å². The van der Waals surface area contributed by atoms with Gasteiger partial charge in [0.25, 0.3) is 0 Å². The molecule has 0 radical (unpaired) electrons. The highest BCUT2D eigenvalue weighted by Crippen LogP contribution is 2.42. The number of fused-ring (bicyclic) bond motifs is 2. The van der Waals surface area contributed by atoms with E-state index < -0.39 is 0 Å². The molecule has 5 heteroatoms. The third-order valence-electron chi connectivity index (χ3n) is 5.93. The molecular weight excluding hydrogens is 318 g/mol. The lowest BCUT2D eigenvalue weighted by atomic mass is 9.96. The second-order valence-corrected chi connectivity index (χ2v) is 7.60. The molecule has 0 aromatic heterocycles. The fourth-order valence-corrected chi connectivity index (χ4v) is 4.37. The number of hydrogen-bond acceptors (Lipinski definition) is 4. The monoisotopic (exact) mass is 343 g/mol. The predicted molar refractivity (Wildman–Crippen MR) is 92.0 cm³/mol. The first kappa shape index (κ1) is 15.5. The van der Waals surface area contributed by atoms with Gasteiger partial charge in [-0.1, -0.05) is 0 Å². The molecule has 0 N–H and O–H groups in total. The zero-order valence-corrected chi connectivity index (χ0v) is 14.6. The van der Waals surface area contributed by atoms with Crippen LogP contribution in [-0.2, 0) is 28.9 Å². The SMILES string of the molecule is O=C(C1CCOCC1)N(Cc1c2c(cc3c1OCC3)OCC2)C1CC1. The maximum absolute atomic E-state index is 13.2. The van der Waals surface area contributed by atoms with Gasteiger partial charge in [0.15, 0.2) is 0 Å². The minimum atomic E-state index is 0.122. The first-order valence-electron chi connectivity index (χ1n) is 9.62. The predicted octanol–water partition coefficient (Wildman–Crippen LogP) is 2.47. The van der Waals surface area contributed by atoms with Crippen molar-refractivity contribution in [2.45, 2.75) is 51.1 Å². The normalized spacial score (nSPS) is 22.1. The van der Waals surface area contributed by atoms with E-state index in [1.54, 1.807) is 0 Å². The van der Waals surface area contributed by atoms with Crippen LogP contribution < -0.4 is 9.47 Å². The standard InChI is InChI=1S/C20H25NO4/c22-20(13-3-7-23-8-4-13)21(15-1-2-15)12-17-16-6-10-24-18(16)11-14-5-9-25-19(14)17/h11,13,15H,1-10,12H2. The Balaban J connectivity index is 1.46. The first-order valence-corrected chi connectivity index (χ1v) is 9.62. The molecule has 4 aliphatic rings. The number of amides is 1. The summed E-state index contributed by atoms with van der Waals surface area (Å²) in [7, 11) is 0. The highest BCUT2D eigenvalue weighted by atomic mass is 16.5. The van der Waals surface area contributed by atoms with Gasteiger partial charge < -0.3 is 19.1 Å². The molecule has 1 saturated heterocycles. The summed E-state index contributed by atoms with van der Waals surface area (Å²) in [5.74, 6) is 2.47. The Morgan fingerprint density at radius 3 is 2.64 bits per heavy atom. The van der Waals surface area contributed by atoms with Crippen LogP contribution in [0.15, 0.2) is 6.07 Å². The quantitative estimate of drug-likeness (QED) is 0.843. The summed E-state index contributed by atoms with van der Waals surface area (Å²) in [5, 5.41) is 0. The van der Waals surface area contributed by atoms with Crippen molar-refractivity contribution in [3.8, 4) is 11.5 Å². The lowest BCUT2D eigenvalue weighted by molar-refractivity contribution is -0.139. The Bertz CT molecular complexity index is 659. The van der Waals surface area contributed by atoms with Crippen molar-refractivity contribution in [1.82, 2.24) is 4.90 Å². The molecule has 1 aliphatic carbocycles. The smallest absolute Gasteiger partial charge is 0.226 e. The highest BCUT2D eigenvalue weighted by Gasteiger charge is 2.38. The summed E-state index contributed by atoms with van der Waals surface area (Å²) >= 11 is 0. The van der Waals surface area contributed by atoms with E-state index in [9.17, 15) is 4.79 Å². The second-order valence-electron chi connectivity index (χ2n) is 7.60. The molecule has 3 aliphatic heterocycles. The van der Waals surface area contributed by atoms with Crippen LogP contribution in [0.4, 0.5) is 0 Å². The minimum Gasteiger partial charge on any atom is -0.493 e. The van der Waals surface area contributed by atoms with Crippen molar-refractivity contribution >= 4 is 5.91 Å². The Kier molecular flexibility index (Phi) is 3.85. The number of nitrogens with zero attached hydrogens (tertiary/aromatic N) is 1. The van der Waals surface area contributed by atoms with Crippen molar-refractivity contribution in [2.24, 2.45) is 5.92 Å². The van der Waals surface area contributed by atoms with Crippen molar-refractivity contribution in [2.75, 3.05) is 26.4 Å². The van der Waals surface area contributed by atoms with Crippen LogP contribution in [0.1, 0.15) is 42.4 Å². The molecule has 2 fully saturated rings. The van der Waals surface area contributed by atoms with Crippen LogP contribution in [0.2, 0.25) is 0 Å². The fraction of sp³-hybridized carbons (Fsp3) is 0.650. The number of rotatable bonds is 4. The molecule has 1 saturated carbocycles. The molecule has 1 aromatic carbocycles. The van der Waals surface area contributed by atoms with E-state index in [0.717, 1.165) is 63.2 Å². The molecule has 1 amide bonds. The molecular formula is C20H25NO4. The maximum atomic E-state index is 13.2. The lowest BCUT2D eigenvalue weighted by Gasteiger charge is -2.30. The number of carbonyl (C=O) groups is 1. The molecule has 5 nitrogen and oxygen atoms in total. The van der Waals surface area contributed by atoms with Gasteiger partial charge in [0.2, 0.25) is 5.91 Å². The van der Waals surface area contributed by atoms with Crippen molar-refractivity contribution in [1.29, 1.82) is 0 Å². The summed E-state index contributed by atoms with van der Waals surface area (Å²) in [5.41, 5.74) is 3.70. The van der Waals surface area contributed by atoms with Gasteiger partial charge in [0.05, 0.1) is 19.8 Å². The van der Waals surface area contributed by atoms with E-state index in [4.69, 9.17) is 14.2 Å². The zero-order chi connectivity index (χ0) is 16.8. The molecule has 0 unspecified atom stereocenters. The van der Waals surface area contributed by atoms with Crippen LogP contribution in [-0.4, -0.2) is 43.3 Å². The van der Waals surface area contributed by atoms with Gasteiger partial charge in [-0.2, -0.15) is 0 Å². The summed E-state index contributed by atoms with van der Waals surface area (Å²) in [6.45, 7) is 3.57. The molecule has 0 atom stereocenters. The van der Waals surface area contributed by atoms with Crippen molar-refractivity contribution < 1.29 is 19.0 Å². The number of benzene rings is 1. The summed E-state index contributed by atoms with van der Waals surface area (Å²) in [4.78, 5) is 15.3. The highest BCUT2D eigenvalue weighted by molar-refractivity contribution is 5.80. The fourth-order valence-electron chi connectivity index (χ4n) is 4.37. The summed E-state index contributed by atoms with van der Waals surface area (Å²) in [6, 6.07) is 2.56. The largest absolute Gasteiger partial charge is 0.493 e. The van der Waals surface area contributed by atoms with Crippen LogP contribution >= 0.6 is 0 Å². The van der Waals surface area contributed by atoms with Crippen molar-refractivity contribution in [3.05, 3.63) is 22.8 Å². The van der Waals surface area contributed by atoms with Crippen LogP contribution in [0.3, 0.4) is 0 Å². The number of ether oxygens (including phenoxy) is 3. The minimum absolute atomic E-state index is 0.122. The molecule has 1 aromatic rings. The molecule has 0 spiro atoms. The Morgan fingerprint density at radius 1 is 1.04 bits per heavy atom. The summed E-state index contributed by atoms with van der Waals surface area (Å²) < 4.78 is 17.2. The molecule has 134 valence electrons. The van der Waals surface area contributed by atoms with Crippen LogP contribution in [0, 0.1) is 5.92 Å². The molecule has 0 bridgehead atoms. The van der Waals surface area contributed by atoms with Crippen LogP contribution in [0.25, 0.3) is 0 Å². The number of carbonyl (C=O) groups excluding carboxylic acids is 1. The van der Waals surface area contributed by atoms with E-state index in [0.29, 0.717) is 31.7 Å². The maximum Gasteiger partial charge on any atom is 0.226 e. The van der Waals surface area contributed by atoms with E-state index in [2.05, 4.69) is 11.0 Å². The van der Waals surface area contributed by atoms with E-state index in [1.165, 1.54) is 16.7 Å². The van der Waals surface area contributed by atoms with Crippen molar-refractivity contribution in [3.63, 3.8) is 0 Å². The lowest BCUT2D eigenvalue weighted by Crippen LogP contribution is -2.39. The van der Waals surface area contributed by atoms with E-state index >= 15 is 0 Å². The second kappa shape index (κ2) is 6.20. The molecule has 25 heavy (non-hydrogen) atoms. The third-order valence-corrected chi connectivity index (χ3v) is 5.93. The Labute approximate surface area is 148 Å². The Morgan fingerprint density at radius 2 is 1.84 bits per heavy atom. The average molecular weight is 343 g/mol. The number of hydrogen-bond donors (Lipinski definition) is 0. The molecule has 5 rings (SSSR count). The van der Waals surface area contributed by atoms with Gasteiger partial charge >= 0.3 is 0 Å².